The molecule has 1 aliphatic heterocycles. The molecule has 0 bridgehead atoms. The van der Waals surface area contributed by atoms with Crippen LogP contribution in [0.15, 0.2) is 34.9 Å². The van der Waals surface area contributed by atoms with Crippen molar-refractivity contribution in [3.05, 3.63) is 62.3 Å². The van der Waals surface area contributed by atoms with E-state index in [0.29, 0.717) is 16.5 Å². The summed E-state index contributed by atoms with van der Waals surface area (Å²) in [6.07, 6.45) is 3.71. The van der Waals surface area contributed by atoms with Crippen LogP contribution in [0.5, 0.6) is 0 Å². The van der Waals surface area contributed by atoms with Gasteiger partial charge in [0.05, 0.1) is 20.5 Å². The van der Waals surface area contributed by atoms with E-state index in [2.05, 4.69) is 20.9 Å². The van der Waals surface area contributed by atoms with E-state index in [-0.39, 0.29) is 18.1 Å². The number of hydrogen-bond donors (Lipinski definition) is 0. The zero-order chi connectivity index (χ0) is 17.1. The Labute approximate surface area is 145 Å². The van der Waals surface area contributed by atoms with Crippen molar-refractivity contribution in [1.82, 2.24) is 9.88 Å². The molecule has 2 heterocycles. The van der Waals surface area contributed by atoms with Crippen LogP contribution < -0.4 is 0 Å². The third-order valence-electron chi connectivity index (χ3n) is 4.05. The number of halogens is 2. The molecule has 0 N–H and O–H groups in total. The summed E-state index contributed by atoms with van der Waals surface area (Å²) in [5.74, 6) is 0.0999. The summed E-state index contributed by atoms with van der Waals surface area (Å²) in [6, 6.07) is 7.09. The van der Waals surface area contributed by atoms with Crippen molar-refractivity contribution in [2.75, 3.05) is 0 Å². The number of hydrogen-bond acceptors (Lipinski definition) is 2. The van der Waals surface area contributed by atoms with E-state index in [0.717, 1.165) is 28.4 Å². The van der Waals surface area contributed by atoms with Gasteiger partial charge in [-0.3, -0.25) is 9.78 Å². The Morgan fingerprint density at radius 1 is 1.45 bits per heavy atom. The monoisotopic (exact) mass is 378 g/mol. The van der Waals surface area contributed by atoms with Gasteiger partial charge in [-0.1, -0.05) is 27.5 Å². The predicted molar refractivity (Wildman–Crippen MR) is 88.9 cm³/mol. The van der Waals surface area contributed by atoms with Crippen LogP contribution in [0.4, 0.5) is 0 Å². The van der Waals surface area contributed by atoms with Crippen molar-refractivity contribution in [2.24, 2.45) is 0 Å². The van der Waals surface area contributed by atoms with Crippen LogP contribution >= 0.6 is 27.5 Å². The molecule has 0 spiro atoms. The largest absolute Gasteiger partial charge is 0.328 e. The predicted octanol–water partition coefficient (Wildman–Crippen LogP) is 4.53. The van der Waals surface area contributed by atoms with E-state index < -0.39 is 6.50 Å². The molecule has 3 nitrogen and oxygen atoms in total. The Hall–Kier alpha value is -1.39. The lowest BCUT2D eigenvalue weighted by Crippen LogP contribution is -2.24. The molecule has 1 amide bonds. The first-order valence-electron chi connectivity index (χ1n) is 8.15. The van der Waals surface area contributed by atoms with Gasteiger partial charge in [-0.15, -0.1) is 0 Å². The summed E-state index contributed by atoms with van der Waals surface area (Å²) in [6.45, 7) is -1.80. The Balaban J connectivity index is 1.76. The molecule has 0 atom stereocenters. The number of amides is 1. The number of rotatable bonds is 3. The topological polar surface area (TPSA) is 33.2 Å². The van der Waals surface area contributed by atoms with Crippen molar-refractivity contribution in [2.45, 2.75) is 31.8 Å². The number of nitrogens with zero attached hydrogens (tertiary/aromatic N) is 2. The van der Waals surface area contributed by atoms with Crippen molar-refractivity contribution in [3.8, 4) is 0 Å². The minimum atomic E-state index is -1.94. The number of carbonyl (C=O) groups is 1. The number of aromatic nitrogens is 1. The van der Waals surface area contributed by atoms with Crippen LogP contribution in [0.2, 0.25) is 5.02 Å². The molecule has 0 saturated heterocycles. The van der Waals surface area contributed by atoms with Gasteiger partial charge in [0, 0.05) is 22.2 Å². The number of pyridine rings is 1. The molecule has 1 aromatic heterocycles. The van der Waals surface area contributed by atoms with E-state index in [1.807, 2.05) is 6.07 Å². The summed E-state index contributed by atoms with van der Waals surface area (Å²) in [5, 5.41) is 0.554. The van der Waals surface area contributed by atoms with Gasteiger partial charge >= 0.3 is 0 Å². The Morgan fingerprint density at radius 3 is 3.00 bits per heavy atom. The van der Waals surface area contributed by atoms with Crippen molar-refractivity contribution in [1.29, 1.82) is 0 Å². The first-order chi connectivity index (χ1) is 11.4. The fraction of sp³-hybridized carbons (Fsp3) is 0.294. The highest BCUT2D eigenvalue weighted by molar-refractivity contribution is 9.10. The second kappa shape index (κ2) is 5.36. The molecule has 4 rings (SSSR count). The van der Waals surface area contributed by atoms with Crippen LogP contribution in [0.3, 0.4) is 0 Å². The molecule has 1 saturated carbocycles. The molecule has 0 radical (unpaired) electrons. The van der Waals surface area contributed by atoms with Crippen molar-refractivity contribution < 1.29 is 7.54 Å². The second-order valence-corrected chi connectivity index (χ2v) is 6.96. The number of carbonyl (C=O) groups excluding carboxylic acids is 1. The third kappa shape index (κ3) is 2.44. The average Bonchev–Trinajstić information content (AvgIpc) is 3.34. The maximum Gasteiger partial charge on any atom is 0.256 e. The molecular formula is C17H14BrClN2O. The maximum absolute atomic E-state index is 12.7. The number of fused-ring (bicyclic) bond motifs is 1. The van der Waals surface area contributed by atoms with Crippen LogP contribution in [-0.2, 0) is 13.0 Å². The maximum atomic E-state index is 12.7. The van der Waals surface area contributed by atoms with Gasteiger partial charge in [0.15, 0.2) is 0 Å². The standard InChI is InChI=1S/C17H14BrClN2O/c18-11-6-13(10-3-4-10)14(15(19)7-11)8-21-9-16-12(17(21)22)2-1-5-20-16/h1-2,5-7,10H,3-4,8-9H2/i9D2. The SMILES string of the molecule is [2H]C1([2H])c2ncccc2C(=O)N1Cc1c(Cl)cc(Br)cc1C1CC1. The van der Waals surface area contributed by atoms with E-state index in [1.165, 1.54) is 11.1 Å². The fourth-order valence-electron chi connectivity index (χ4n) is 2.81. The van der Waals surface area contributed by atoms with E-state index >= 15 is 0 Å². The summed E-state index contributed by atoms with van der Waals surface area (Å²) >= 11 is 9.90. The lowest BCUT2D eigenvalue weighted by Gasteiger charge is -2.19. The van der Waals surface area contributed by atoms with Gasteiger partial charge in [0.1, 0.15) is 0 Å². The van der Waals surface area contributed by atoms with Gasteiger partial charge in [0.2, 0.25) is 0 Å². The summed E-state index contributed by atoms with van der Waals surface area (Å²) in [5.41, 5.74) is 2.43. The Morgan fingerprint density at radius 2 is 2.27 bits per heavy atom. The van der Waals surface area contributed by atoms with Gasteiger partial charge in [-0.05, 0) is 54.2 Å². The number of benzene rings is 1. The molecular weight excluding hydrogens is 364 g/mol. The lowest BCUT2D eigenvalue weighted by atomic mass is 10.0. The fourth-order valence-corrected chi connectivity index (χ4v) is 3.70. The van der Waals surface area contributed by atoms with E-state index in [1.54, 1.807) is 18.2 Å². The van der Waals surface area contributed by atoms with Crippen molar-refractivity contribution in [3.63, 3.8) is 0 Å². The normalized spacial score (nSPS) is 20.6. The molecule has 112 valence electrons. The summed E-state index contributed by atoms with van der Waals surface area (Å²) in [4.78, 5) is 18.0. The molecule has 2 aliphatic rings. The van der Waals surface area contributed by atoms with Crippen molar-refractivity contribution >= 4 is 33.4 Å². The van der Waals surface area contributed by atoms with E-state index in [4.69, 9.17) is 14.3 Å². The van der Waals surface area contributed by atoms with Gasteiger partial charge in [-0.2, -0.15) is 0 Å². The quantitative estimate of drug-likeness (QED) is 0.785. The zero-order valence-electron chi connectivity index (χ0n) is 13.6. The van der Waals surface area contributed by atoms with Crippen LogP contribution in [0.25, 0.3) is 0 Å². The Bertz CT molecular complexity index is 854. The van der Waals surface area contributed by atoms with Crippen LogP contribution in [0, 0.1) is 0 Å². The third-order valence-corrected chi connectivity index (χ3v) is 4.85. The highest BCUT2D eigenvalue weighted by Gasteiger charge is 2.32. The lowest BCUT2D eigenvalue weighted by molar-refractivity contribution is 0.0766. The van der Waals surface area contributed by atoms with Gasteiger partial charge < -0.3 is 4.90 Å². The second-order valence-electron chi connectivity index (χ2n) is 5.63. The van der Waals surface area contributed by atoms with Crippen LogP contribution in [0.1, 0.15) is 48.7 Å². The molecule has 1 fully saturated rings. The first kappa shape index (κ1) is 12.1. The van der Waals surface area contributed by atoms with Crippen LogP contribution in [-0.4, -0.2) is 15.8 Å². The zero-order valence-corrected chi connectivity index (χ0v) is 14.0. The molecule has 22 heavy (non-hydrogen) atoms. The highest BCUT2D eigenvalue weighted by Crippen LogP contribution is 2.45. The van der Waals surface area contributed by atoms with E-state index in [9.17, 15) is 4.79 Å². The minimum Gasteiger partial charge on any atom is -0.328 e. The molecule has 0 unspecified atom stereocenters. The van der Waals surface area contributed by atoms with Gasteiger partial charge in [0.25, 0.3) is 5.91 Å². The molecule has 5 heteroatoms. The molecule has 2 aromatic rings. The minimum absolute atomic E-state index is 0.139. The average molecular weight is 380 g/mol. The smallest absolute Gasteiger partial charge is 0.256 e. The van der Waals surface area contributed by atoms with Gasteiger partial charge in [-0.25, -0.2) is 0 Å². The summed E-state index contributed by atoms with van der Waals surface area (Å²) < 4.78 is 17.6. The highest BCUT2D eigenvalue weighted by atomic mass is 79.9. The Kier molecular flexibility index (Phi) is 2.94. The molecule has 1 aliphatic carbocycles. The first-order valence-corrected chi connectivity index (χ1v) is 8.32. The molecule has 1 aromatic carbocycles. The summed E-state index contributed by atoms with van der Waals surface area (Å²) in [7, 11) is 0.